The average Bonchev–Trinajstić information content (AvgIpc) is 2.54. The van der Waals surface area contributed by atoms with Gasteiger partial charge in [-0.3, -0.25) is 14.5 Å². The predicted octanol–water partition coefficient (Wildman–Crippen LogP) is 1.58. The first-order valence-electron chi connectivity index (χ1n) is 7.66. The molecule has 1 aliphatic heterocycles. The number of rotatable bonds is 4. The normalized spacial score (nSPS) is 18.0. The Kier molecular flexibility index (Phi) is 4.86. The van der Waals surface area contributed by atoms with E-state index in [2.05, 4.69) is 0 Å². The largest absolute Gasteiger partial charge is 0.480 e. The molecular formula is C17H24N2O3. The van der Waals surface area contributed by atoms with Crippen LogP contribution in [0.25, 0.3) is 0 Å². The van der Waals surface area contributed by atoms with Gasteiger partial charge in [-0.2, -0.15) is 0 Å². The molecule has 5 nitrogen and oxygen atoms in total. The molecule has 1 saturated heterocycles. The van der Waals surface area contributed by atoms with E-state index in [-0.39, 0.29) is 5.91 Å². The Morgan fingerprint density at radius 1 is 1.09 bits per heavy atom. The molecule has 0 spiro atoms. The molecule has 0 radical (unpaired) electrons. The summed E-state index contributed by atoms with van der Waals surface area (Å²) in [4.78, 5) is 27.6. The number of nitrogens with zero attached hydrogens (tertiary/aromatic N) is 2. The number of carbonyl (C=O) groups excluding carboxylic acids is 1. The summed E-state index contributed by atoms with van der Waals surface area (Å²) in [5.74, 6) is -0.717. The van der Waals surface area contributed by atoms with Crippen LogP contribution >= 0.6 is 0 Å². The summed E-state index contributed by atoms with van der Waals surface area (Å²) in [7, 11) is 0. The summed E-state index contributed by atoms with van der Waals surface area (Å²) in [6, 6.07) is 9.27. The third-order valence-corrected chi connectivity index (χ3v) is 4.54. The number of amides is 1. The number of aliphatic carboxylic acids is 1. The van der Waals surface area contributed by atoms with Crippen LogP contribution < -0.4 is 0 Å². The Labute approximate surface area is 131 Å². The van der Waals surface area contributed by atoms with Crippen LogP contribution in [-0.4, -0.2) is 59.0 Å². The van der Waals surface area contributed by atoms with Crippen molar-refractivity contribution in [1.82, 2.24) is 9.80 Å². The molecule has 120 valence electrons. The van der Waals surface area contributed by atoms with E-state index in [0.29, 0.717) is 26.2 Å². The number of benzene rings is 1. The van der Waals surface area contributed by atoms with Crippen LogP contribution in [0.1, 0.15) is 26.3 Å². The highest BCUT2D eigenvalue weighted by atomic mass is 16.4. The number of carbonyl (C=O) groups is 2. The predicted molar refractivity (Wildman–Crippen MR) is 84.7 cm³/mol. The minimum Gasteiger partial charge on any atom is -0.480 e. The van der Waals surface area contributed by atoms with Crippen molar-refractivity contribution in [3.63, 3.8) is 0 Å². The molecule has 1 aromatic rings. The van der Waals surface area contributed by atoms with Crippen LogP contribution in [0.5, 0.6) is 0 Å². The SMILES string of the molecule is C[C@@H](C(=O)O)N1CCN(C(=O)C(C)(C)c2ccccc2)CC1. The van der Waals surface area contributed by atoms with Gasteiger partial charge < -0.3 is 10.0 Å². The van der Waals surface area contributed by atoms with E-state index < -0.39 is 17.4 Å². The Bertz CT molecular complexity index is 534. The minimum absolute atomic E-state index is 0.0985. The van der Waals surface area contributed by atoms with Gasteiger partial charge >= 0.3 is 5.97 Å². The van der Waals surface area contributed by atoms with Crippen LogP contribution in [0.3, 0.4) is 0 Å². The third-order valence-electron chi connectivity index (χ3n) is 4.54. The van der Waals surface area contributed by atoms with E-state index >= 15 is 0 Å². The fraction of sp³-hybridized carbons (Fsp3) is 0.529. The molecule has 1 aliphatic rings. The monoisotopic (exact) mass is 304 g/mol. The summed E-state index contributed by atoms with van der Waals surface area (Å²) in [6.45, 7) is 7.93. The zero-order valence-electron chi connectivity index (χ0n) is 13.5. The molecule has 1 fully saturated rings. The molecule has 0 aromatic heterocycles. The fourth-order valence-corrected chi connectivity index (χ4v) is 2.84. The van der Waals surface area contributed by atoms with Crippen molar-refractivity contribution in [3.8, 4) is 0 Å². The third kappa shape index (κ3) is 3.30. The number of hydrogen-bond donors (Lipinski definition) is 1. The first-order chi connectivity index (χ1) is 10.3. The van der Waals surface area contributed by atoms with E-state index in [1.54, 1.807) is 6.92 Å². The van der Waals surface area contributed by atoms with Crippen LogP contribution in [0.2, 0.25) is 0 Å². The highest BCUT2D eigenvalue weighted by Crippen LogP contribution is 2.26. The maximum atomic E-state index is 12.8. The standard InChI is InChI=1S/C17H24N2O3/c1-13(15(20)21)18-9-11-19(12-10-18)16(22)17(2,3)14-7-5-4-6-8-14/h4-8,13H,9-12H2,1-3H3,(H,20,21)/t13-/m0/s1. The lowest BCUT2D eigenvalue weighted by atomic mass is 9.83. The topological polar surface area (TPSA) is 60.9 Å². The number of hydrogen-bond acceptors (Lipinski definition) is 3. The second kappa shape index (κ2) is 6.48. The van der Waals surface area contributed by atoms with E-state index in [1.165, 1.54) is 0 Å². The molecule has 0 unspecified atom stereocenters. The van der Waals surface area contributed by atoms with Crippen molar-refractivity contribution >= 4 is 11.9 Å². The second-order valence-electron chi connectivity index (χ2n) is 6.33. The van der Waals surface area contributed by atoms with Crippen molar-refractivity contribution < 1.29 is 14.7 Å². The fourth-order valence-electron chi connectivity index (χ4n) is 2.84. The molecule has 1 atom stereocenters. The summed E-state index contributed by atoms with van der Waals surface area (Å²) in [5.41, 5.74) is 0.434. The zero-order chi connectivity index (χ0) is 16.3. The minimum atomic E-state index is -0.815. The molecular weight excluding hydrogens is 280 g/mol. The van der Waals surface area contributed by atoms with Crippen molar-refractivity contribution in [2.45, 2.75) is 32.2 Å². The van der Waals surface area contributed by atoms with Crippen molar-refractivity contribution in [2.75, 3.05) is 26.2 Å². The van der Waals surface area contributed by atoms with Crippen molar-refractivity contribution in [3.05, 3.63) is 35.9 Å². The van der Waals surface area contributed by atoms with E-state index in [0.717, 1.165) is 5.56 Å². The molecule has 1 amide bonds. The quantitative estimate of drug-likeness (QED) is 0.917. The number of carboxylic acids is 1. The van der Waals surface area contributed by atoms with Crippen molar-refractivity contribution in [1.29, 1.82) is 0 Å². The Hall–Kier alpha value is -1.88. The first kappa shape index (κ1) is 16.5. The van der Waals surface area contributed by atoms with Crippen LogP contribution in [0, 0.1) is 0 Å². The van der Waals surface area contributed by atoms with Gasteiger partial charge in [0.15, 0.2) is 0 Å². The van der Waals surface area contributed by atoms with E-state index in [9.17, 15) is 9.59 Å². The molecule has 2 rings (SSSR count). The van der Waals surface area contributed by atoms with Crippen LogP contribution in [0.4, 0.5) is 0 Å². The average molecular weight is 304 g/mol. The van der Waals surface area contributed by atoms with Gasteiger partial charge in [0.1, 0.15) is 6.04 Å². The molecule has 0 bridgehead atoms. The Balaban J connectivity index is 2.02. The van der Waals surface area contributed by atoms with Crippen LogP contribution in [0.15, 0.2) is 30.3 Å². The molecule has 0 aliphatic carbocycles. The van der Waals surface area contributed by atoms with Gasteiger partial charge in [-0.1, -0.05) is 30.3 Å². The maximum absolute atomic E-state index is 12.8. The smallest absolute Gasteiger partial charge is 0.320 e. The van der Waals surface area contributed by atoms with Crippen LogP contribution in [-0.2, 0) is 15.0 Å². The lowest BCUT2D eigenvalue weighted by molar-refractivity contribution is -0.144. The zero-order valence-corrected chi connectivity index (χ0v) is 13.5. The van der Waals surface area contributed by atoms with Gasteiger partial charge in [-0.25, -0.2) is 0 Å². The van der Waals surface area contributed by atoms with Gasteiger partial charge in [-0.15, -0.1) is 0 Å². The highest BCUT2D eigenvalue weighted by molar-refractivity contribution is 5.87. The Morgan fingerprint density at radius 3 is 2.14 bits per heavy atom. The molecule has 1 heterocycles. The molecule has 0 saturated carbocycles. The van der Waals surface area contributed by atoms with E-state index in [4.69, 9.17) is 5.11 Å². The first-order valence-corrected chi connectivity index (χ1v) is 7.66. The Morgan fingerprint density at radius 2 is 1.64 bits per heavy atom. The van der Waals surface area contributed by atoms with E-state index in [1.807, 2.05) is 54.0 Å². The number of carboxylic acid groups (broad SMARTS) is 1. The van der Waals surface area contributed by atoms with Crippen molar-refractivity contribution in [2.24, 2.45) is 0 Å². The summed E-state index contributed by atoms with van der Waals surface area (Å²) in [6.07, 6.45) is 0. The molecule has 22 heavy (non-hydrogen) atoms. The maximum Gasteiger partial charge on any atom is 0.320 e. The molecule has 5 heteroatoms. The summed E-state index contributed by atoms with van der Waals surface area (Å²) < 4.78 is 0. The highest BCUT2D eigenvalue weighted by Gasteiger charge is 2.36. The molecule has 1 aromatic carbocycles. The van der Waals surface area contributed by atoms with Gasteiger partial charge in [0.2, 0.25) is 5.91 Å². The lowest BCUT2D eigenvalue weighted by Gasteiger charge is -2.40. The number of piperazine rings is 1. The summed E-state index contributed by atoms with van der Waals surface area (Å²) >= 11 is 0. The van der Waals surface area contributed by atoms with Gasteiger partial charge in [0, 0.05) is 26.2 Å². The summed E-state index contributed by atoms with van der Waals surface area (Å²) in [5, 5.41) is 9.07. The van der Waals surface area contributed by atoms with Gasteiger partial charge in [-0.05, 0) is 26.3 Å². The van der Waals surface area contributed by atoms with Gasteiger partial charge in [0.25, 0.3) is 0 Å². The molecule has 1 N–H and O–H groups in total. The second-order valence-corrected chi connectivity index (χ2v) is 6.33. The lowest BCUT2D eigenvalue weighted by Crippen LogP contribution is -2.56. The van der Waals surface area contributed by atoms with Gasteiger partial charge in [0.05, 0.1) is 5.41 Å².